The van der Waals surface area contributed by atoms with Gasteiger partial charge in [0, 0.05) is 11.1 Å². The number of carboxylic acid groups (broad SMARTS) is 1. The molecule has 0 fully saturated rings. The van der Waals surface area contributed by atoms with Gasteiger partial charge in [-0.3, -0.25) is 0 Å². The van der Waals surface area contributed by atoms with Crippen LogP contribution < -0.4 is 9.47 Å². The van der Waals surface area contributed by atoms with Crippen LogP contribution in [-0.4, -0.2) is 17.7 Å². The molecule has 0 spiro atoms. The molecule has 0 bridgehead atoms. The topological polar surface area (TPSA) is 59.1 Å². The molecule has 0 atom stereocenters. The highest BCUT2D eigenvalue weighted by Gasteiger charge is 2.30. The zero-order chi connectivity index (χ0) is 14.1. The molecule has 1 heterocycles. The second kappa shape index (κ2) is 4.89. The normalized spacial score (nSPS) is 11.4. The molecule has 2 aromatic rings. The van der Waals surface area contributed by atoms with Gasteiger partial charge in [-0.15, -0.1) is 0 Å². The number of aromatic carboxylic acids is 1. The fraction of sp³-hybridized carbons (Fsp3) is 0.188. The molecular formula is C16H14O4. The van der Waals surface area contributed by atoms with E-state index in [1.54, 1.807) is 18.2 Å². The quantitative estimate of drug-likeness (QED) is 0.713. The maximum absolute atomic E-state index is 11.3. The number of hydrogen-bond acceptors (Lipinski definition) is 3. The lowest BCUT2D eigenvalue weighted by atomic mass is 9.99. The Labute approximate surface area is 116 Å². The Morgan fingerprint density at radius 2 is 2.00 bits per heavy atom. The highest BCUT2D eigenvalue weighted by molar-refractivity contribution is 5.98. The van der Waals surface area contributed by atoms with Crippen molar-refractivity contribution in [1.82, 2.24) is 0 Å². The maximum Gasteiger partial charge on any atom is 0.336 e. The predicted octanol–water partition coefficient (Wildman–Crippen LogP) is 3.95. The summed E-state index contributed by atoms with van der Waals surface area (Å²) in [5, 5.41) is 9.30. The Morgan fingerprint density at radius 3 is 2.75 bits per heavy atom. The van der Waals surface area contributed by atoms with Crippen molar-refractivity contribution in [3.05, 3.63) is 42.0 Å². The molecule has 2 aromatic carbocycles. The third kappa shape index (κ3) is 2.09. The monoisotopic (exact) mass is 270 g/mol. The van der Waals surface area contributed by atoms with Gasteiger partial charge >= 0.3 is 5.97 Å². The lowest BCUT2D eigenvalue weighted by molar-refractivity contribution is 0.0697. The van der Waals surface area contributed by atoms with Crippen molar-refractivity contribution in [3.8, 4) is 28.4 Å². The molecule has 0 unspecified atom stereocenters. The van der Waals surface area contributed by atoms with E-state index in [-0.39, 0.29) is 5.56 Å². The largest absolute Gasteiger partial charge is 0.489 e. The summed E-state index contributed by atoms with van der Waals surface area (Å²) in [6.45, 7) is 2.59. The molecule has 0 aliphatic carbocycles. The molecule has 1 aliphatic rings. The SMILES string of the molecule is CCCOc1c(-c2ccccc2C(=O)O)ccc2c1O2. The van der Waals surface area contributed by atoms with Crippen molar-refractivity contribution in [2.24, 2.45) is 0 Å². The van der Waals surface area contributed by atoms with E-state index >= 15 is 0 Å². The maximum atomic E-state index is 11.3. The summed E-state index contributed by atoms with van der Waals surface area (Å²) in [6, 6.07) is 10.6. The molecule has 102 valence electrons. The van der Waals surface area contributed by atoms with Crippen LogP contribution >= 0.6 is 0 Å². The molecule has 0 saturated carbocycles. The van der Waals surface area contributed by atoms with Gasteiger partial charge in [0.15, 0.2) is 11.5 Å². The molecule has 0 amide bonds. The third-order valence-electron chi connectivity index (χ3n) is 3.14. The first-order valence-corrected chi connectivity index (χ1v) is 6.52. The van der Waals surface area contributed by atoms with Gasteiger partial charge in [-0.1, -0.05) is 25.1 Å². The van der Waals surface area contributed by atoms with Crippen LogP contribution in [0.3, 0.4) is 0 Å². The molecule has 4 heteroatoms. The van der Waals surface area contributed by atoms with Gasteiger partial charge in [0.1, 0.15) is 0 Å². The summed E-state index contributed by atoms with van der Waals surface area (Å²) < 4.78 is 11.1. The number of rotatable bonds is 5. The number of carboxylic acids is 1. The first-order valence-electron chi connectivity index (χ1n) is 6.52. The molecule has 4 nitrogen and oxygen atoms in total. The molecule has 1 aliphatic heterocycles. The van der Waals surface area contributed by atoms with Crippen LogP contribution in [0, 0.1) is 0 Å². The van der Waals surface area contributed by atoms with E-state index in [1.807, 2.05) is 25.1 Å². The minimum absolute atomic E-state index is 0.259. The van der Waals surface area contributed by atoms with Crippen molar-refractivity contribution in [2.45, 2.75) is 13.3 Å². The van der Waals surface area contributed by atoms with Gasteiger partial charge in [-0.05, 0) is 24.6 Å². The van der Waals surface area contributed by atoms with E-state index in [0.717, 1.165) is 23.5 Å². The summed E-state index contributed by atoms with van der Waals surface area (Å²) in [5.74, 6) is 1.20. The average Bonchev–Trinajstić information content (AvgIpc) is 3.24. The van der Waals surface area contributed by atoms with Gasteiger partial charge in [0.2, 0.25) is 5.75 Å². The Hall–Kier alpha value is -2.49. The van der Waals surface area contributed by atoms with Crippen LogP contribution in [0.4, 0.5) is 0 Å². The van der Waals surface area contributed by atoms with Gasteiger partial charge in [0.25, 0.3) is 0 Å². The van der Waals surface area contributed by atoms with Crippen LogP contribution in [0.5, 0.6) is 17.2 Å². The fourth-order valence-electron chi connectivity index (χ4n) is 2.17. The molecule has 1 N–H and O–H groups in total. The summed E-state index contributed by atoms with van der Waals surface area (Å²) in [6.07, 6.45) is 0.879. The molecule has 0 saturated heterocycles. The first kappa shape index (κ1) is 12.5. The summed E-state index contributed by atoms with van der Waals surface area (Å²) in [7, 11) is 0. The lowest BCUT2D eigenvalue weighted by Crippen LogP contribution is -2.01. The van der Waals surface area contributed by atoms with E-state index in [1.165, 1.54) is 0 Å². The Kier molecular flexibility index (Phi) is 3.06. The summed E-state index contributed by atoms with van der Waals surface area (Å²) in [4.78, 5) is 11.3. The number of ether oxygens (including phenoxy) is 2. The van der Waals surface area contributed by atoms with Crippen molar-refractivity contribution in [2.75, 3.05) is 6.61 Å². The van der Waals surface area contributed by atoms with Crippen molar-refractivity contribution < 1.29 is 19.4 Å². The molecule has 0 aromatic heterocycles. The van der Waals surface area contributed by atoms with E-state index in [9.17, 15) is 9.90 Å². The Morgan fingerprint density at radius 1 is 1.20 bits per heavy atom. The Balaban J connectivity index is 2.11. The van der Waals surface area contributed by atoms with Crippen LogP contribution in [-0.2, 0) is 0 Å². The second-order valence-electron chi connectivity index (χ2n) is 4.57. The number of carbonyl (C=O) groups is 1. The summed E-state index contributed by atoms with van der Waals surface area (Å²) >= 11 is 0. The minimum Gasteiger partial charge on any atom is -0.489 e. The van der Waals surface area contributed by atoms with Crippen LogP contribution in [0.15, 0.2) is 36.4 Å². The van der Waals surface area contributed by atoms with Crippen molar-refractivity contribution in [1.29, 1.82) is 0 Å². The predicted molar refractivity (Wildman–Crippen MR) is 74.7 cm³/mol. The fourth-order valence-corrected chi connectivity index (χ4v) is 2.17. The molecular weight excluding hydrogens is 256 g/mol. The standard InChI is InChI=1S/C16H14O4/c1-2-9-19-14-11(7-8-13-15(14)20-13)10-5-3-4-6-12(10)16(17)18/h3-8H,2,9H2,1H3,(H,17,18). The zero-order valence-corrected chi connectivity index (χ0v) is 11.1. The van der Waals surface area contributed by atoms with Gasteiger partial charge in [-0.25, -0.2) is 4.79 Å². The minimum atomic E-state index is -0.951. The number of hydrogen-bond donors (Lipinski definition) is 1. The van der Waals surface area contributed by atoms with E-state index in [2.05, 4.69) is 0 Å². The van der Waals surface area contributed by atoms with E-state index < -0.39 is 5.97 Å². The lowest BCUT2D eigenvalue weighted by Gasteiger charge is -2.11. The van der Waals surface area contributed by atoms with Crippen LogP contribution in [0.25, 0.3) is 11.1 Å². The van der Waals surface area contributed by atoms with Crippen molar-refractivity contribution >= 4 is 5.97 Å². The van der Waals surface area contributed by atoms with Gasteiger partial charge in [0.05, 0.1) is 12.2 Å². The highest BCUT2D eigenvalue weighted by Crippen LogP contribution is 2.56. The average molecular weight is 270 g/mol. The highest BCUT2D eigenvalue weighted by atomic mass is 16.6. The third-order valence-corrected chi connectivity index (χ3v) is 3.14. The van der Waals surface area contributed by atoms with E-state index in [0.29, 0.717) is 17.9 Å². The van der Waals surface area contributed by atoms with Crippen LogP contribution in [0.1, 0.15) is 23.7 Å². The number of fused-ring (bicyclic) bond motifs is 1. The molecule has 3 rings (SSSR count). The molecule has 20 heavy (non-hydrogen) atoms. The summed E-state index contributed by atoms with van der Waals surface area (Å²) in [5.41, 5.74) is 1.66. The Bertz CT molecular complexity index is 676. The molecule has 0 radical (unpaired) electrons. The first-order chi connectivity index (χ1) is 9.72. The van der Waals surface area contributed by atoms with Gasteiger partial charge < -0.3 is 14.6 Å². The number of benzene rings is 2. The zero-order valence-electron chi connectivity index (χ0n) is 11.1. The van der Waals surface area contributed by atoms with Crippen molar-refractivity contribution in [3.63, 3.8) is 0 Å². The van der Waals surface area contributed by atoms with E-state index in [4.69, 9.17) is 9.47 Å². The second-order valence-corrected chi connectivity index (χ2v) is 4.57. The smallest absolute Gasteiger partial charge is 0.336 e. The van der Waals surface area contributed by atoms with Crippen LogP contribution in [0.2, 0.25) is 0 Å². The van der Waals surface area contributed by atoms with Gasteiger partial charge in [-0.2, -0.15) is 0 Å².